The van der Waals surface area contributed by atoms with Gasteiger partial charge in [0.15, 0.2) is 0 Å². The summed E-state index contributed by atoms with van der Waals surface area (Å²) in [5.74, 6) is -0.513. The van der Waals surface area contributed by atoms with Crippen molar-refractivity contribution >= 4 is 23.9 Å². The lowest BCUT2D eigenvalue weighted by Gasteiger charge is -2.43. The van der Waals surface area contributed by atoms with Gasteiger partial charge in [0.1, 0.15) is 23.0 Å². The van der Waals surface area contributed by atoms with E-state index >= 15 is 0 Å². The van der Waals surface area contributed by atoms with Gasteiger partial charge in [0.05, 0.1) is 0 Å². The van der Waals surface area contributed by atoms with Gasteiger partial charge in [-0.2, -0.15) is 0 Å². The largest absolute Gasteiger partial charge is 0.457 e. The van der Waals surface area contributed by atoms with E-state index in [2.05, 4.69) is 37.4 Å². The number of carbonyl (C=O) groups excluding carboxylic acids is 4. The number of aryl methyl sites for hydroxylation is 2. The minimum Gasteiger partial charge on any atom is -0.457 e. The third-order valence-corrected chi connectivity index (χ3v) is 9.74. The molecule has 56 heavy (non-hydrogen) atoms. The van der Waals surface area contributed by atoms with Crippen LogP contribution in [-0.2, 0) is 41.5 Å². The maximum atomic E-state index is 13.4. The number of rotatable bonds is 16. The van der Waals surface area contributed by atoms with Gasteiger partial charge in [0.25, 0.3) is 0 Å². The molecule has 0 saturated carbocycles. The van der Waals surface area contributed by atoms with Crippen molar-refractivity contribution in [3.05, 3.63) is 179 Å². The van der Waals surface area contributed by atoms with E-state index in [4.69, 9.17) is 28.4 Å². The highest BCUT2D eigenvalue weighted by atomic mass is 16.7. The van der Waals surface area contributed by atoms with Crippen LogP contribution in [-0.4, -0.2) is 37.5 Å². The molecule has 0 atom stereocenters. The second-order valence-electron chi connectivity index (χ2n) is 13.1. The third kappa shape index (κ3) is 8.24. The molecule has 3 aliphatic carbocycles. The number of benzene rings is 5. The summed E-state index contributed by atoms with van der Waals surface area (Å²) in [7, 11) is 0. The molecule has 3 aliphatic rings. The summed E-state index contributed by atoms with van der Waals surface area (Å²) in [5.41, 5.74) is 7.93. The first-order valence-electron chi connectivity index (χ1n) is 18.1. The van der Waals surface area contributed by atoms with Crippen LogP contribution < -0.4 is 18.9 Å². The zero-order valence-corrected chi connectivity index (χ0v) is 30.4. The molecule has 0 fully saturated rings. The van der Waals surface area contributed by atoms with E-state index in [1.165, 1.54) is 0 Å². The van der Waals surface area contributed by atoms with Gasteiger partial charge in [-0.15, -0.1) is 0 Å². The van der Waals surface area contributed by atoms with E-state index in [1.807, 2.05) is 48.5 Å². The topological polar surface area (TPSA) is 124 Å². The normalized spacial score (nSPS) is 14.2. The lowest BCUT2D eigenvalue weighted by molar-refractivity contribution is -0.145. The van der Waals surface area contributed by atoms with Crippen LogP contribution in [0.1, 0.15) is 69.2 Å². The molecule has 0 aliphatic heterocycles. The molecule has 282 valence electrons. The summed E-state index contributed by atoms with van der Waals surface area (Å²) in [6.45, 7) is 6.23. The number of esters is 4. The van der Waals surface area contributed by atoms with E-state index in [-0.39, 0.29) is 38.3 Å². The maximum absolute atomic E-state index is 13.4. The second kappa shape index (κ2) is 17.0. The van der Waals surface area contributed by atoms with Crippen molar-refractivity contribution in [2.24, 2.45) is 0 Å². The minimum absolute atomic E-state index is 0.125. The van der Waals surface area contributed by atoms with E-state index in [9.17, 15) is 19.2 Å². The van der Waals surface area contributed by atoms with Crippen LogP contribution in [0.4, 0.5) is 0 Å². The first-order chi connectivity index (χ1) is 27.3. The van der Waals surface area contributed by atoms with E-state index in [1.54, 1.807) is 36.4 Å². The number of carbonyl (C=O) groups is 4. The fourth-order valence-electron chi connectivity index (χ4n) is 7.17. The second-order valence-corrected chi connectivity index (χ2v) is 13.1. The van der Waals surface area contributed by atoms with Gasteiger partial charge in [-0.3, -0.25) is 9.59 Å². The quantitative estimate of drug-likeness (QED) is 0.0417. The average Bonchev–Trinajstić information content (AvgIpc) is 3.23. The Morgan fingerprint density at radius 3 is 1.20 bits per heavy atom. The van der Waals surface area contributed by atoms with Gasteiger partial charge < -0.3 is 28.4 Å². The van der Waals surface area contributed by atoms with Crippen LogP contribution in [0.15, 0.2) is 135 Å². The van der Waals surface area contributed by atoms with Crippen molar-refractivity contribution in [1.82, 2.24) is 0 Å². The molecule has 0 radical (unpaired) electrons. The highest BCUT2D eigenvalue weighted by molar-refractivity contribution is 5.82. The molecular formula is C46H38O10. The van der Waals surface area contributed by atoms with Gasteiger partial charge in [0.2, 0.25) is 13.6 Å². The van der Waals surface area contributed by atoms with Gasteiger partial charge in [-0.25, -0.2) is 9.59 Å². The Balaban J connectivity index is 1.07. The van der Waals surface area contributed by atoms with Crippen LogP contribution in [0.2, 0.25) is 0 Å². The molecular weight excluding hydrogens is 712 g/mol. The molecule has 0 N–H and O–H groups in total. The Morgan fingerprint density at radius 1 is 0.500 bits per heavy atom. The lowest BCUT2D eigenvalue weighted by Crippen LogP contribution is -2.29. The van der Waals surface area contributed by atoms with E-state index in [0.717, 1.165) is 56.7 Å². The average molecular weight is 751 g/mol. The highest BCUT2D eigenvalue weighted by Gasteiger charge is 2.45. The van der Waals surface area contributed by atoms with Crippen LogP contribution in [0.25, 0.3) is 0 Å². The molecule has 5 aromatic rings. The van der Waals surface area contributed by atoms with Crippen LogP contribution in [0.5, 0.6) is 23.0 Å². The van der Waals surface area contributed by atoms with Crippen molar-refractivity contribution in [1.29, 1.82) is 0 Å². The van der Waals surface area contributed by atoms with Gasteiger partial charge >= 0.3 is 23.9 Å². The molecule has 0 spiro atoms. The van der Waals surface area contributed by atoms with Gasteiger partial charge in [-0.05, 0) is 82.6 Å². The Bertz CT molecular complexity index is 2080. The summed E-state index contributed by atoms with van der Waals surface area (Å²) in [6, 6.07) is 34.2. The highest BCUT2D eigenvalue weighted by Crippen LogP contribution is 2.60. The number of hydrogen-bond acceptors (Lipinski definition) is 10. The van der Waals surface area contributed by atoms with Crippen molar-refractivity contribution in [2.75, 3.05) is 13.6 Å². The predicted molar refractivity (Wildman–Crippen MR) is 206 cm³/mol. The molecule has 10 heteroatoms. The molecule has 0 amide bonds. The zero-order valence-electron chi connectivity index (χ0n) is 30.4. The molecule has 10 nitrogen and oxygen atoms in total. The van der Waals surface area contributed by atoms with Crippen LogP contribution in [0, 0.1) is 0 Å². The zero-order chi connectivity index (χ0) is 39.0. The number of ether oxygens (including phenoxy) is 6. The maximum Gasteiger partial charge on any atom is 0.333 e. The van der Waals surface area contributed by atoms with Crippen molar-refractivity contribution < 1.29 is 47.6 Å². The van der Waals surface area contributed by atoms with Crippen molar-refractivity contribution in [3.8, 4) is 23.0 Å². The molecule has 2 bridgehead atoms. The summed E-state index contributed by atoms with van der Waals surface area (Å²) in [5, 5.41) is 0. The van der Waals surface area contributed by atoms with Gasteiger partial charge in [0, 0.05) is 48.0 Å². The first kappa shape index (κ1) is 37.4. The molecule has 0 aromatic heterocycles. The van der Waals surface area contributed by atoms with Gasteiger partial charge in [-0.1, -0.05) is 86.0 Å². The Hall–Kier alpha value is -6.94. The molecule has 0 unspecified atom stereocenters. The minimum atomic E-state index is -0.576. The first-order valence-corrected chi connectivity index (χ1v) is 18.1. The van der Waals surface area contributed by atoms with E-state index in [0.29, 0.717) is 35.8 Å². The summed E-state index contributed by atoms with van der Waals surface area (Å²) >= 11 is 0. The summed E-state index contributed by atoms with van der Waals surface area (Å²) < 4.78 is 32.8. The summed E-state index contributed by atoms with van der Waals surface area (Å²) in [4.78, 5) is 49.4. The van der Waals surface area contributed by atoms with Crippen LogP contribution in [0.3, 0.4) is 0 Å². The van der Waals surface area contributed by atoms with Crippen LogP contribution >= 0.6 is 0 Å². The Morgan fingerprint density at radius 2 is 0.857 bits per heavy atom. The molecule has 0 heterocycles. The van der Waals surface area contributed by atoms with Crippen molar-refractivity contribution in [2.45, 2.75) is 37.5 Å². The SMILES string of the molecule is C=CC(=O)OCOc1ccc(CCC(=O)Oc2ccc(OC(=O)CCc3ccc(OCOC(=O)C=C)cc3)c3c2C2c4ccccc4C3c3ccccc32)cc1. The molecule has 5 aromatic carbocycles. The fraction of sp³-hybridized carbons (Fsp3) is 0.174. The third-order valence-electron chi connectivity index (χ3n) is 9.74. The number of hydrogen-bond donors (Lipinski definition) is 0. The molecule has 0 saturated heterocycles. The monoisotopic (exact) mass is 750 g/mol. The standard InChI is InChI=1S/C46H38O10/c1-3-39(47)53-27-51-31-19-13-29(14-20-31)17-25-41(49)55-37-23-24-38(56-42(50)26-18-30-15-21-32(22-16-30)52-28-54-40(48)4-2)46-44-35-11-7-5-9-33(35)43(45(37)46)34-10-6-8-12-36(34)44/h3-16,19-24,43-44H,1-2,17-18,25-28H2. The van der Waals surface area contributed by atoms with Crippen molar-refractivity contribution in [3.63, 3.8) is 0 Å². The Labute approximate surface area is 323 Å². The fourth-order valence-corrected chi connectivity index (χ4v) is 7.17. The smallest absolute Gasteiger partial charge is 0.333 e. The predicted octanol–water partition coefficient (Wildman–Crippen LogP) is 7.88. The molecule has 8 rings (SSSR count). The summed E-state index contributed by atoms with van der Waals surface area (Å²) in [6.07, 6.45) is 3.24. The van der Waals surface area contributed by atoms with E-state index < -0.39 is 23.9 Å². The lowest BCUT2D eigenvalue weighted by atomic mass is 9.60. The Kier molecular flexibility index (Phi) is 11.4.